The largest absolute Gasteiger partial charge is 0.378 e. The number of nitrogens with two attached hydrogens (primary N) is 1. The fourth-order valence-electron chi connectivity index (χ4n) is 1.66. The predicted octanol–water partition coefficient (Wildman–Crippen LogP) is 2.17. The first-order valence-corrected chi connectivity index (χ1v) is 7.31. The van der Waals surface area contributed by atoms with Crippen molar-refractivity contribution >= 4 is 45.0 Å². The van der Waals surface area contributed by atoms with Gasteiger partial charge in [-0.3, -0.25) is 14.9 Å². The average Bonchev–Trinajstić information content (AvgIpc) is 2.49. The number of nitrogens with zero attached hydrogens (tertiary/aromatic N) is 3. The maximum Gasteiger partial charge on any atom is 0.329 e. The third kappa shape index (κ3) is 4.88. The van der Waals surface area contributed by atoms with Gasteiger partial charge in [-0.15, -0.1) is 0 Å². The molecule has 10 heteroatoms. The topological polar surface area (TPSA) is 136 Å². The molecule has 0 aliphatic rings. The van der Waals surface area contributed by atoms with Crippen molar-refractivity contribution in [2.75, 3.05) is 22.9 Å². The lowest BCUT2D eigenvalue weighted by atomic mass is 10.3. The Bertz CT molecular complexity index is 722. The molecule has 120 valence electrons. The number of nitrogen functional groups attached to an aromatic ring is 1. The van der Waals surface area contributed by atoms with E-state index < -0.39 is 4.92 Å². The Labute approximate surface area is 139 Å². The monoisotopic (exact) mass is 380 g/mol. The maximum atomic E-state index is 11.8. The van der Waals surface area contributed by atoms with Gasteiger partial charge in [-0.2, -0.15) is 4.98 Å². The van der Waals surface area contributed by atoms with Gasteiger partial charge in [-0.25, -0.2) is 4.98 Å². The van der Waals surface area contributed by atoms with Gasteiger partial charge >= 0.3 is 5.69 Å². The summed E-state index contributed by atoms with van der Waals surface area (Å²) in [6.07, 6.45) is 1.20. The van der Waals surface area contributed by atoms with Crippen LogP contribution in [0.4, 0.5) is 23.1 Å². The maximum absolute atomic E-state index is 11.8. The van der Waals surface area contributed by atoms with Crippen LogP contribution in [-0.2, 0) is 4.79 Å². The lowest BCUT2D eigenvalue weighted by molar-refractivity contribution is -0.384. The van der Waals surface area contributed by atoms with Crippen molar-refractivity contribution in [2.24, 2.45) is 0 Å². The third-order valence-electron chi connectivity index (χ3n) is 2.76. The Morgan fingerprint density at radius 2 is 2.04 bits per heavy atom. The number of amides is 1. The van der Waals surface area contributed by atoms with Gasteiger partial charge in [0, 0.05) is 23.1 Å². The van der Waals surface area contributed by atoms with Gasteiger partial charge in [0.25, 0.3) is 0 Å². The number of halogens is 1. The van der Waals surface area contributed by atoms with Crippen LogP contribution in [0.1, 0.15) is 6.42 Å². The number of rotatable bonds is 6. The van der Waals surface area contributed by atoms with Crippen LogP contribution in [0.25, 0.3) is 0 Å². The number of hydrogen-bond donors (Lipinski definition) is 3. The summed E-state index contributed by atoms with van der Waals surface area (Å²) in [4.78, 5) is 29.3. The van der Waals surface area contributed by atoms with E-state index in [4.69, 9.17) is 5.73 Å². The molecule has 0 unspecified atom stereocenters. The zero-order valence-corrected chi connectivity index (χ0v) is 13.4. The molecule has 2 rings (SSSR count). The van der Waals surface area contributed by atoms with E-state index in [0.29, 0.717) is 5.69 Å². The molecule has 4 N–H and O–H groups in total. The second-order valence-electron chi connectivity index (χ2n) is 4.45. The van der Waals surface area contributed by atoms with Crippen LogP contribution in [0.3, 0.4) is 0 Å². The first kappa shape index (κ1) is 16.6. The second kappa shape index (κ2) is 7.49. The third-order valence-corrected chi connectivity index (χ3v) is 3.29. The molecular formula is C13H13BrN6O3. The fourth-order valence-corrected chi connectivity index (χ4v) is 1.92. The molecule has 9 nitrogen and oxygen atoms in total. The molecule has 1 heterocycles. The highest BCUT2D eigenvalue weighted by molar-refractivity contribution is 9.10. The molecule has 2 aromatic rings. The molecular weight excluding hydrogens is 368 g/mol. The quantitative estimate of drug-likeness (QED) is 0.515. The van der Waals surface area contributed by atoms with E-state index in [1.54, 1.807) is 12.1 Å². The fraction of sp³-hybridized carbons (Fsp3) is 0.154. The number of benzene rings is 1. The summed E-state index contributed by atoms with van der Waals surface area (Å²) in [7, 11) is 0. The molecule has 0 radical (unpaired) electrons. The summed E-state index contributed by atoms with van der Waals surface area (Å²) in [5.41, 5.74) is 5.78. The first-order valence-electron chi connectivity index (χ1n) is 6.52. The van der Waals surface area contributed by atoms with Crippen molar-refractivity contribution in [2.45, 2.75) is 6.42 Å². The Morgan fingerprint density at radius 1 is 1.35 bits per heavy atom. The van der Waals surface area contributed by atoms with E-state index >= 15 is 0 Å². The van der Waals surface area contributed by atoms with Crippen LogP contribution in [0.2, 0.25) is 0 Å². The van der Waals surface area contributed by atoms with Crippen molar-refractivity contribution in [3.8, 4) is 0 Å². The number of nitrogens with one attached hydrogen (secondary N) is 2. The van der Waals surface area contributed by atoms with Gasteiger partial charge in [-0.05, 0) is 24.3 Å². The lowest BCUT2D eigenvalue weighted by Gasteiger charge is -2.07. The molecule has 0 atom stereocenters. The van der Waals surface area contributed by atoms with Gasteiger partial charge in [-0.1, -0.05) is 15.9 Å². The molecule has 0 aliphatic carbocycles. The normalized spacial score (nSPS) is 10.1. The summed E-state index contributed by atoms with van der Waals surface area (Å²) in [6.45, 7) is 0.264. The van der Waals surface area contributed by atoms with Crippen molar-refractivity contribution in [1.82, 2.24) is 9.97 Å². The Hall–Kier alpha value is -2.75. The van der Waals surface area contributed by atoms with Crippen LogP contribution < -0.4 is 16.4 Å². The van der Waals surface area contributed by atoms with Crippen molar-refractivity contribution in [1.29, 1.82) is 0 Å². The van der Waals surface area contributed by atoms with E-state index in [2.05, 4.69) is 36.5 Å². The summed E-state index contributed by atoms with van der Waals surface area (Å²) in [6, 6.07) is 7.19. The highest BCUT2D eigenvalue weighted by Gasteiger charge is 2.14. The van der Waals surface area contributed by atoms with Gasteiger partial charge < -0.3 is 16.4 Å². The zero-order chi connectivity index (χ0) is 16.8. The van der Waals surface area contributed by atoms with Crippen LogP contribution >= 0.6 is 15.9 Å². The number of nitro groups is 1. The minimum atomic E-state index is -0.662. The van der Waals surface area contributed by atoms with E-state index in [0.717, 1.165) is 10.7 Å². The Kier molecular flexibility index (Phi) is 5.41. The van der Waals surface area contributed by atoms with E-state index in [9.17, 15) is 14.9 Å². The van der Waals surface area contributed by atoms with Gasteiger partial charge in [0.05, 0.1) is 4.92 Å². The molecule has 0 saturated carbocycles. The summed E-state index contributed by atoms with van der Waals surface area (Å²) in [5.74, 6) is -0.286. The minimum Gasteiger partial charge on any atom is -0.378 e. The van der Waals surface area contributed by atoms with Crippen molar-refractivity contribution in [3.63, 3.8) is 0 Å². The van der Waals surface area contributed by atoms with Gasteiger partial charge in [0.2, 0.25) is 17.7 Å². The highest BCUT2D eigenvalue weighted by Crippen LogP contribution is 2.18. The van der Waals surface area contributed by atoms with E-state index in [1.807, 2.05) is 12.1 Å². The van der Waals surface area contributed by atoms with E-state index in [-0.39, 0.29) is 36.3 Å². The van der Waals surface area contributed by atoms with Crippen LogP contribution in [0.5, 0.6) is 0 Å². The zero-order valence-electron chi connectivity index (χ0n) is 11.8. The average molecular weight is 381 g/mol. The standard InChI is InChI=1S/C13H13BrN6O3/c14-8-1-3-9(4-2-8)18-11(21)5-6-16-13-17-7-10(20(22)23)12(15)19-13/h1-4,7H,5-6H2,(H,18,21)(H3,15,16,17,19). The van der Waals surface area contributed by atoms with Crippen molar-refractivity contribution < 1.29 is 9.72 Å². The smallest absolute Gasteiger partial charge is 0.329 e. The predicted molar refractivity (Wildman–Crippen MR) is 89.0 cm³/mol. The molecule has 23 heavy (non-hydrogen) atoms. The second-order valence-corrected chi connectivity index (χ2v) is 5.37. The van der Waals surface area contributed by atoms with Crippen LogP contribution in [0.15, 0.2) is 34.9 Å². The number of anilines is 3. The summed E-state index contributed by atoms with van der Waals surface area (Å²) >= 11 is 3.31. The molecule has 0 saturated heterocycles. The molecule has 0 spiro atoms. The summed E-state index contributed by atoms with van der Waals surface area (Å²) in [5, 5.41) is 16.1. The number of carbonyl (C=O) groups is 1. The molecule has 1 amide bonds. The molecule has 0 bridgehead atoms. The SMILES string of the molecule is Nc1nc(NCCC(=O)Nc2ccc(Br)cc2)ncc1[N+](=O)[O-]. The Morgan fingerprint density at radius 3 is 2.65 bits per heavy atom. The number of aromatic nitrogens is 2. The number of hydrogen-bond acceptors (Lipinski definition) is 7. The highest BCUT2D eigenvalue weighted by atomic mass is 79.9. The first-order chi connectivity index (χ1) is 11.0. The molecule has 1 aromatic carbocycles. The molecule has 0 fully saturated rings. The van der Waals surface area contributed by atoms with Gasteiger partial charge in [0.15, 0.2) is 0 Å². The number of carbonyl (C=O) groups excluding carboxylic acids is 1. The Balaban J connectivity index is 1.82. The summed E-state index contributed by atoms with van der Waals surface area (Å²) < 4.78 is 0.921. The van der Waals surface area contributed by atoms with Crippen molar-refractivity contribution in [3.05, 3.63) is 45.0 Å². The van der Waals surface area contributed by atoms with Gasteiger partial charge in [0.1, 0.15) is 6.20 Å². The minimum absolute atomic E-state index is 0.129. The van der Waals surface area contributed by atoms with Crippen LogP contribution in [0, 0.1) is 10.1 Å². The van der Waals surface area contributed by atoms with Crippen LogP contribution in [-0.4, -0.2) is 27.3 Å². The lowest BCUT2D eigenvalue weighted by Crippen LogP contribution is -2.17. The van der Waals surface area contributed by atoms with E-state index in [1.165, 1.54) is 0 Å². The molecule has 1 aromatic heterocycles. The molecule has 0 aliphatic heterocycles.